The zero-order valence-electron chi connectivity index (χ0n) is 16.5. The highest BCUT2D eigenvalue weighted by molar-refractivity contribution is 7.10. The normalized spacial score (nSPS) is 16.3. The Bertz CT molecular complexity index is 735. The van der Waals surface area contributed by atoms with Crippen molar-refractivity contribution in [1.82, 2.24) is 15.5 Å². The van der Waals surface area contributed by atoms with Crippen LogP contribution < -0.4 is 15.4 Å². The van der Waals surface area contributed by atoms with Gasteiger partial charge >= 0.3 is 0 Å². The van der Waals surface area contributed by atoms with E-state index < -0.39 is 0 Å². The van der Waals surface area contributed by atoms with Crippen molar-refractivity contribution >= 4 is 17.3 Å². The maximum absolute atomic E-state index is 5.31. The Morgan fingerprint density at radius 1 is 1.19 bits per heavy atom. The molecule has 5 nitrogen and oxygen atoms in total. The fourth-order valence-corrected chi connectivity index (χ4v) is 4.35. The number of aliphatic imine (C=N–C) groups is 1. The number of nitrogens with zero attached hydrogens (tertiary/aromatic N) is 2. The molecule has 1 aliphatic rings. The summed E-state index contributed by atoms with van der Waals surface area (Å²) >= 11 is 1.78. The fourth-order valence-electron chi connectivity index (χ4n) is 3.50. The monoisotopic (exact) mass is 386 g/mol. The number of methoxy groups -OCH3 is 1. The van der Waals surface area contributed by atoms with Gasteiger partial charge in [-0.2, -0.15) is 0 Å². The number of guanidine groups is 1. The number of likely N-dealkylation sites (tertiary alicyclic amines) is 1. The maximum Gasteiger partial charge on any atom is 0.191 e. The van der Waals surface area contributed by atoms with Crippen molar-refractivity contribution in [2.75, 3.05) is 33.8 Å². The number of ether oxygens (including phenoxy) is 1. The van der Waals surface area contributed by atoms with Crippen LogP contribution in [-0.4, -0.2) is 44.7 Å². The lowest BCUT2D eigenvalue weighted by Gasteiger charge is -2.29. The van der Waals surface area contributed by atoms with Gasteiger partial charge in [-0.1, -0.05) is 12.1 Å². The minimum absolute atomic E-state index is 0.334. The summed E-state index contributed by atoms with van der Waals surface area (Å²) in [5, 5.41) is 9.10. The third-order valence-electron chi connectivity index (χ3n) is 5.15. The summed E-state index contributed by atoms with van der Waals surface area (Å²) in [5.74, 6) is 1.75. The summed E-state index contributed by atoms with van der Waals surface area (Å²) in [6, 6.07) is 10.9. The Hall–Kier alpha value is -2.05. The minimum atomic E-state index is 0.334. The summed E-state index contributed by atoms with van der Waals surface area (Å²) < 4.78 is 5.31. The number of hydrogen-bond acceptors (Lipinski definition) is 4. The van der Waals surface area contributed by atoms with Gasteiger partial charge in [0.05, 0.1) is 19.7 Å². The smallest absolute Gasteiger partial charge is 0.191 e. The van der Waals surface area contributed by atoms with Crippen LogP contribution in [0.4, 0.5) is 0 Å². The van der Waals surface area contributed by atoms with Gasteiger partial charge in [0.2, 0.25) is 0 Å². The van der Waals surface area contributed by atoms with Crippen molar-refractivity contribution in [3.8, 4) is 5.75 Å². The van der Waals surface area contributed by atoms with Gasteiger partial charge in [-0.25, -0.2) is 0 Å². The Morgan fingerprint density at radius 3 is 2.52 bits per heavy atom. The van der Waals surface area contributed by atoms with Crippen molar-refractivity contribution < 1.29 is 4.74 Å². The zero-order valence-corrected chi connectivity index (χ0v) is 17.3. The molecule has 6 heteroatoms. The molecule has 2 aromatic rings. The number of hydrogen-bond donors (Lipinski definition) is 2. The van der Waals surface area contributed by atoms with E-state index in [1.807, 2.05) is 19.2 Å². The second kappa shape index (κ2) is 9.76. The zero-order chi connectivity index (χ0) is 19.1. The van der Waals surface area contributed by atoms with E-state index in [2.05, 4.69) is 51.0 Å². The number of benzene rings is 1. The van der Waals surface area contributed by atoms with Crippen molar-refractivity contribution in [2.45, 2.75) is 32.4 Å². The Balaban J connectivity index is 1.63. The predicted molar refractivity (Wildman–Crippen MR) is 114 cm³/mol. The van der Waals surface area contributed by atoms with Gasteiger partial charge in [-0.15, -0.1) is 11.3 Å². The lowest BCUT2D eigenvalue weighted by atomic mass is 10.1. The molecule has 0 bridgehead atoms. The van der Waals surface area contributed by atoms with E-state index >= 15 is 0 Å². The second-order valence-electron chi connectivity index (χ2n) is 6.87. The topological polar surface area (TPSA) is 48.9 Å². The summed E-state index contributed by atoms with van der Waals surface area (Å²) in [4.78, 5) is 8.31. The molecule has 1 aromatic heterocycles. The van der Waals surface area contributed by atoms with Crippen molar-refractivity contribution in [3.05, 3.63) is 51.7 Å². The van der Waals surface area contributed by atoms with Gasteiger partial charge in [0, 0.05) is 18.5 Å². The molecule has 3 rings (SSSR count). The molecule has 0 aliphatic carbocycles. The van der Waals surface area contributed by atoms with Crippen LogP contribution in [0.3, 0.4) is 0 Å². The van der Waals surface area contributed by atoms with E-state index in [9.17, 15) is 0 Å². The van der Waals surface area contributed by atoms with Gasteiger partial charge in [-0.05, 0) is 67.6 Å². The molecule has 0 amide bonds. The highest BCUT2D eigenvalue weighted by Crippen LogP contribution is 2.26. The van der Waals surface area contributed by atoms with Crippen molar-refractivity contribution in [3.63, 3.8) is 0 Å². The first-order valence-corrected chi connectivity index (χ1v) is 10.4. The molecule has 1 aliphatic heterocycles. The summed E-state index contributed by atoms with van der Waals surface area (Å²) in [6.07, 6.45) is 2.55. The molecule has 2 heterocycles. The highest BCUT2D eigenvalue weighted by atomic mass is 32.1. The second-order valence-corrected chi connectivity index (χ2v) is 7.87. The number of rotatable bonds is 7. The van der Waals surface area contributed by atoms with Gasteiger partial charge in [0.25, 0.3) is 0 Å². The van der Waals surface area contributed by atoms with E-state index in [0.717, 1.165) is 37.9 Å². The van der Waals surface area contributed by atoms with E-state index in [-0.39, 0.29) is 0 Å². The van der Waals surface area contributed by atoms with Crippen LogP contribution in [0.25, 0.3) is 0 Å². The van der Waals surface area contributed by atoms with Crippen LogP contribution in [0, 0.1) is 6.92 Å². The first-order chi connectivity index (χ1) is 13.2. The first-order valence-electron chi connectivity index (χ1n) is 9.56. The number of nitrogens with one attached hydrogen (secondary N) is 2. The molecular formula is C21H30N4OS. The van der Waals surface area contributed by atoms with E-state index in [1.165, 1.54) is 28.8 Å². The third kappa shape index (κ3) is 5.23. The molecule has 1 fully saturated rings. The fraction of sp³-hybridized carbons (Fsp3) is 0.476. The summed E-state index contributed by atoms with van der Waals surface area (Å²) in [5.41, 5.74) is 2.64. The van der Waals surface area contributed by atoms with Gasteiger partial charge in [0.1, 0.15) is 5.75 Å². The lowest BCUT2D eigenvalue weighted by Crippen LogP contribution is -2.42. The van der Waals surface area contributed by atoms with Gasteiger partial charge in [0.15, 0.2) is 5.96 Å². The Kier molecular flexibility index (Phi) is 7.12. The molecule has 1 aromatic carbocycles. The molecule has 0 saturated carbocycles. The third-order valence-corrected chi connectivity index (χ3v) is 6.18. The molecular weight excluding hydrogens is 356 g/mol. The molecule has 0 spiro atoms. The number of aryl methyl sites for hydroxylation is 1. The summed E-state index contributed by atoms with van der Waals surface area (Å²) in [6.45, 7) is 6.09. The maximum atomic E-state index is 5.31. The van der Waals surface area contributed by atoms with Crippen LogP contribution in [0.15, 0.2) is 40.7 Å². The van der Waals surface area contributed by atoms with E-state index in [0.29, 0.717) is 6.04 Å². The Morgan fingerprint density at radius 2 is 1.93 bits per heavy atom. The van der Waals surface area contributed by atoms with Crippen molar-refractivity contribution in [1.29, 1.82) is 0 Å². The van der Waals surface area contributed by atoms with E-state index in [1.54, 1.807) is 18.4 Å². The molecule has 1 atom stereocenters. The van der Waals surface area contributed by atoms with Crippen molar-refractivity contribution in [2.24, 2.45) is 4.99 Å². The largest absolute Gasteiger partial charge is 0.497 e. The molecule has 27 heavy (non-hydrogen) atoms. The van der Waals surface area contributed by atoms with Crippen LogP contribution in [0.1, 0.15) is 34.9 Å². The average Bonchev–Trinajstić information content (AvgIpc) is 3.37. The molecule has 146 valence electrons. The molecule has 0 radical (unpaired) electrons. The van der Waals surface area contributed by atoms with Crippen LogP contribution in [0.2, 0.25) is 0 Å². The first kappa shape index (κ1) is 19.7. The molecule has 1 saturated heterocycles. The highest BCUT2D eigenvalue weighted by Gasteiger charge is 2.23. The molecule has 2 N–H and O–H groups in total. The van der Waals surface area contributed by atoms with Crippen LogP contribution in [0.5, 0.6) is 5.75 Å². The lowest BCUT2D eigenvalue weighted by molar-refractivity contribution is 0.245. The average molecular weight is 387 g/mol. The minimum Gasteiger partial charge on any atom is -0.497 e. The SMILES string of the molecule is CN=C(NCc1sccc1C)NCC(c1ccc(OC)cc1)N1CCCC1. The standard InChI is InChI=1S/C21H30N4OS/c1-16-10-13-27-20(16)15-24-21(22-2)23-14-19(25-11-4-5-12-25)17-6-8-18(26-3)9-7-17/h6-10,13,19H,4-5,11-12,14-15H2,1-3H3,(H2,22,23,24). The van der Waals surface area contributed by atoms with Gasteiger partial charge in [-0.3, -0.25) is 9.89 Å². The summed E-state index contributed by atoms with van der Waals surface area (Å²) in [7, 11) is 3.54. The van der Waals surface area contributed by atoms with Crippen LogP contribution in [-0.2, 0) is 6.54 Å². The predicted octanol–water partition coefficient (Wildman–Crippen LogP) is 3.57. The molecule has 1 unspecified atom stereocenters. The quantitative estimate of drug-likeness (QED) is 0.564. The van der Waals surface area contributed by atoms with Gasteiger partial charge < -0.3 is 15.4 Å². The van der Waals surface area contributed by atoms with E-state index in [4.69, 9.17) is 4.74 Å². The Labute approximate surface area is 166 Å². The van der Waals surface area contributed by atoms with Crippen LogP contribution >= 0.6 is 11.3 Å². The number of thiophene rings is 1.